The van der Waals surface area contributed by atoms with Gasteiger partial charge in [-0.25, -0.2) is 0 Å². The van der Waals surface area contributed by atoms with Gasteiger partial charge in [-0.1, -0.05) is 0 Å². The molecule has 7 heteroatoms. The van der Waals surface area contributed by atoms with Crippen LogP contribution in [-0.4, -0.2) is 84.8 Å². The van der Waals surface area contributed by atoms with Crippen molar-refractivity contribution in [2.24, 2.45) is 5.92 Å². The van der Waals surface area contributed by atoms with E-state index >= 15 is 0 Å². The Morgan fingerprint density at radius 3 is 2.00 bits per heavy atom. The average molecular weight is 364 g/mol. The molecule has 3 aliphatic heterocycles. The van der Waals surface area contributed by atoms with Gasteiger partial charge in [0.15, 0.2) is 0 Å². The largest absolute Gasteiger partial charge is 0.346 e. The fourth-order valence-corrected chi connectivity index (χ4v) is 4.22. The second-order valence-electron chi connectivity index (χ2n) is 7.80. The maximum absolute atomic E-state index is 12.6. The first-order valence-corrected chi connectivity index (χ1v) is 10.2. The zero-order valence-electron chi connectivity index (χ0n) is 15.8. The van der Waals surface area contributed by atoms with Gasteiger partial charge < -0.3 is 15.1 Å². The molecule has 0 unspecified atom stereocenters. The van der Waals surface area contributed by atoms with Crippen LogP contribution in [-0.2, 0) is 14.4 Å². The third-order valence-corrected chi connectivity index (χ3v) is 5.87. The molecule has 7 nitrogen and oxygen atoms in total. The van der Waals surface area contributed by atoms with Crippen molar-refractivity contribution in [2.75, 3.05) is 52.4 Å². The lowest BCUT2D eigenvalue weighted by molar-refractivity contribution is -0.138. The van der Waals surface area contributed by atoms with Crippen molar-refractivity contribution < 1.29 is 14.4 Å². The highest BCUT2D eigenvalue weighted by Crippen LogP contribution is 2.21. The topological polar surface area (TPSA) is 73.0 Å². The first-order valence-electron chi connectivity index (χ1n) is 10.2. The highest BCUT2D eigenvalue weighted by molar-refractivity contribution is 5.85. The maximum atomic E-state index is 12.6. The summed E-state index contributed by atoms with van der Waals surface area (Å²) in [5, 5.41) is 2.75. The van der Waals surface area contributed by atoms with E-state index < -0.39 is 0 Å². The molecule has 0 aliphatic carbocycles. The van der Waals surface area contributed by atoms with Gasteiger partial charge in [-0.05, 0) is 58.0 Å². The molecule has 0 bridgehead atoms. The third-order valence-electron chi connectivity index (χ3n) is 5.87. The first kappa shape index (κ1) is 19.1. The van der Waals surface area contributed by atoms with Gasteiger partial charge in [0.2, 0.25) is 17.7 Å². The Hall–Kier alpha value is -1.63. The number of carbonyl (C=O) groups is 3. The molecule has 0 spiro atoms. The monoisotopic (exact) mass is 364 g/mol. The maximum Gasteiger partial charge on any atom is 0.241 e. The second-order valence-corrected chi connectivity index (χ2v) is 7.80. The van der Waals surface area contributed by atoms with E-state index in [0.717, 1.165) is 77.8 Å². The van der Waals surface area contributed by atoms with E-state index in [0.29, 0.717) is 12.5 Å². The fraction of sp³-hybridized carbons (Fsp3) is 0.842. The van der Waals surface area contributed by atoms with E-state index in [1.807, 2.05) is 9.80 Å². The molecule has 3 saturated heterocycles. The van der Waals surface area contributed by atoms with E-state index in [-0.39, 0.29) is 24.3 Å². The summed E-state index contributed by atoms with van der Waals surface area (Å²) in [4.78, 5) is 42.6. The Balaban J connectivity index is 1.33. The third kappa shape index (κ3) is 5.19. The zero-order chi connectivity index (χ0) is 18.4. The molecule has 0 aromatic heterocycles. The minimum Gasteiger partial charge on any atom is -0.346 e. The van der Waals surface area contributed by atoms with Crippen LogP contribution in [0.15, 0.2) is 0 Å². The van der Waals surface area contributed by atoms with Crippen molar-refractivity contribution in [3.05, 3.63) is 0 Å². The predicted octanol–water partition coefficient (Wildman–Crippen LogP) is 0.450. The van der Waals surface area contributed by atoms with E-state index in [1.54, 1.807) is 0 Å². The molecular weight excluding hydrogens is 332 g/mol. The van der Waals surface area contributed by atoms with E-state index in [9.17, 15) is 14.4 Å². The Morgan fingerprint density at radius 1 is 0.769 bits per heavy atom. The molecule has 1 N–H and O–H groups in total. The van der Waals surface area contributed by atoms with Crippen LogP contribution in [0.1, 0.15) is 44.9 Å². The number of nitrogens with one attached hydrogen (secondary N) is 1. The van der Waals surface area contributed by atoms with Gasteiger partial charge in [-0.2, -0.15) is 0 Å². The lowest BCUT2D eigenvalue weighted by Gasteiger charge is -2.35. The summed E-state index contributed by atoms with van der Waals surface area (Å²) < 4.78 is 0. The second kappa shape index (κ2) is 9.35. The number of carbonyl (C=O) groups excluding carboxylic acids is 3. The van der Waals surface area contributed by atoms with Crippen molar-refractivity contribution in [1.29, 1.82) is 0 Å². The quantitative estimate of drug-likeness (QED) is 0.769. The summed E-state index contributed by atoms with van der Waals surface area (Å²) in [6, 6.07) is 0. The lowest BCUT2D eigenvalue weighted by Crippen LogP contribution is -2.47. The number of amides is 3. The number of hydrogen-bond donors (Lipinski definition) is 1. The molecule has 0 aromatic carbocycles. The van der Waals surface area contributed by atoms with E-state index in [1.165, 1.54) is 6.42 Å². The predicted molar refractivity (Wildman–Crippen MR) is 98.4 cm³/mol. The summed E-state index contributed by atoms with van der Waals surface area (Å²) in [5.74, 6) is 0.342. The number of hydrogen-bond acceptors (Lipinski definition) is 4. The van der Waals surface area contributed by atoms with Crippen LogP contribution in [0.4, 0.5) is 0 Å². The Kier molecular flexibility index (Phi) is 6.88. The summed E-state index contributed by atoms with van der Waals surface area (Å²) in [6.45, 7) is 5.41. The minimum absolute atomic E-state index is 0.0155. The average Bonchev–Trinajstić information content (AvgIpc) is 3.22. The SMILES string of the molecule is O=C(CN1CCC(C(=O)N2CCCCC2)CC1)NCC(=O)N1CCCC1. The van der Waals surface area contributed by atoms with Crippen molar-refractivity contribution in [2.45, 2.75) is 44.9 Å². The van der Waals surface area contributed by atoms with Gasteiger partial charge in [0, 0.05) is 32.1 Å². The minimum atomic E-state index is -0.0987. The van der Waals surface area contributed by atoms with Crippen molar-refractivity contribution in [1.82, 2.24) is 20.0 Å². The van der Waals surface area contributed by atoms with Gasteiger partial charge in [0.1, 0.15) is 0 Å². The van der Waals surface area contributed by atoms with Crippen LogP contribution in [0.2, 0.25) is 0 Å². The zero-order valence-corrected chi connectivity index (χ0v) is 15.8. The first-order chi connectivity index (χ1) is 12.6. The van der Waals surface area contributed by atoms with Crippen LogP contribution >= 0.6 is 0 Å². The lowest BCUT2D eigenvalue weighted by atomic mass is 9.94. The summed E-state index contributed by atoms with van der Waals surface area (Å²) in [7, 11) is 0. The molecule has 3 amide bonds. The molecule has 26 heavy (non-hydrogen) atoms. The smallest absolute Gasteiger partial charge is 0.241 e. The van der Waals surface area contributed by atoms with Crippen LogP contribution in [0.25, 0.3) is 0 Å². The molecule has 3 aliphatic rings. The van der Waals surface area contributed by atoms with Crippen LogP contribution in [0.3, 0.4) is 0 Å². The van der Waals surface area contributed by atoms with Crippen molar-refractivity contribution in [3.63, 3.8) is 0 Å². The highest BCUT2D eigenvalue weighted by atomic mass is 16.2. The Morgan fingerprint density at radius 2 is 1.35 bits per heavy atom. The summed E-state index contributed by atoms with van der Waals surface area (Å²) in [5.41, 5.74) is 0. The molecule has 3 rings (SSSR count). The Bertz CT molecular complexity index is 505. The van der Waals surface area contributed by atoms with Gasteiger partial charge in [-0.3, -0.25) is 19.3 Å². The molecular formula is C19H32N4O3. The van der Waals surface area contributed by atoms with Gasteiger partial charge >= 0.3 is 0 Å². The molecule has 0 atom stereocenters. The number of piperidine rings is 2. The fourth-order valence-electron chi connectivity index (χ4n) is 4.22. The molecule has 0 saturated carbocycles. The molecule has 0 radical (unpaired) electrons. The standard InChI is InChI=1S/C19H32N4O3/c24-17(20-14-18(25)22-8-4-5-9-22)15-21-12-6-16(7-13-21)19(26)23-10-2-1-3-11-23/h16H,1-15H2,(H,20,24). The molecule has 3 fully saturated rings. The summed E-state index contributed by atoms with van der Waals surface area (Å²) >= 11 is 0. The molecule has 146 valence electrons. The van der Waals surface area contributed by atoms with Crippen molar-refractivity contribution >= 4 is 17.7 Å². The van der Waals surface area contributed by atoms with Crippen LogP contribution in [0, 0.1) is 5.92 Å². The Labute approximate surface area is 156 Å². The normalized spacial score (nSPS) is 22.5. The van der Waals surface area contributed by atoms with E-state index in [2.05, 4.69) is 10.2 Å². The number of nitrogens with zero attached hydrogens (tertiary/aromatic N) is 3. The summed E-state index contributed by atoms with van der Waals surface area (Å²) in [6.07, 6.45) is 7.26. The molecule has 3 heterocycles. The number of likely N-dealkylation sites (tertiary alicyclic amines) is 3. The van der Waals surface area contributed by atoms with E-state index in [4.69, 9.17) is 0 Å². The van der Waals surface area contributed by atoms with Crippen molar-refractivity contribution in [3.8, 4) is 0 Å². The highest BCUT2D eigenvalue weighted by Gasteiger charge is 2.29. The van der Waals surface area contributed by atoms with Crippen LogP contribution in [0.5, 0.6) is 0 Å². The van der Waals surface area contributed by atoms with Gasteiger partial charge in [-0.15, -0.1) is 0 Å². The number of rotatable bonds is 5. The van der Waals surface area contributed by atoms with Gasteiger partial charge in [0.25, 0.3) is 0 Å². The van der Waals surface area contributed by atoms with Crippen LogP contribution < -0.4 is 5.32 Å². The van der Waals surface area contributed by atoms with Gasteiger partial charge in [0.05, 0.1) is 13.1 Å². The molecule has 0 aromatic rings.